The summed E-state index contributed by atoms with van der Waals surface area (Å²) in [6, 6.07) is 12.0. The molecule has 1 saturated heterocycles. The second kappa shape index (κ2) is 9.72. The Labute approximate surface area is 207 Å². The number of Topliss-reactive ketones (excluding diaryl/α,β-unsaturated/α-hetero) is 1. The van der Waals surface area contributed by atoms with Gasteiger partial charge < -0.3 is 5.11 Å². The van der Waals surface area contributed by atoms with Gasteiger partial charge in [-0.05, 0) is 35.4 Å². The van der Waals surface area contributed by atoms with Gasteiger partial charge in [0.25, 0.3) is 5.78 Å². The Morgan fingerprint density at radius 2 is 1.83 bits per heavy atom. The molecule has 0 radical (unpaired) electrons. The van der Waals surface area contributed by atoms with E-state index in [4.69, 9.17) is 0 Å². The van der Waals surface area contributed by atoms with Crippen LogP contribution in [0.1, 0.15) is 22.7 Å². The third-order valence-electron chi connectivity index (χ3n) is 5.31. The van der Waals surface area contributed by atoms with E-state index in [1.165, 1.54) is 41.3 Å². The Hall–Kier alpha value is -3.96. The van der Waals surface area contributed by atoms with E-state index >= 15 is 0 Å². The molecule has 0 saturated carbocycles. The molecule has 3 aromatic heterocycles. The van der Waals surface area contributed by atoms with Crippen molar-refractivity contribution in [2.24, 2.45) is 0 Å². The zero-order valence-corrected chi connectivity index (χ0v) is 19.5. The fourth-order valence-corrected chi connectivity index (χ4v) is 5.52. The first kappa shape index (κ1) is 22.8. The van der Waals surface area contributed by atoms with Gasteiger partial charge in [0.05, 0.1) is 11.6 Å². The summed E-state index contributed by atoms with van der Waals surface area (Å²) in [5.74, 6) is -1.99. The number of hydrogen-bond donors (Lipinski definition) is 1. The number of aliphatic hydroxyl groups excluding tert-OH is 1. The number of benzene rings is 1. The molecule has 1 aromatic carbocycles. The van der Waals surface area contributed by atoms with Crippen molar-refractivity contribution in [2.75, 3.05) is 4.90 Å². The number of aromatic nitrogens is 4. The molecule has 5 rings (SSSR count). The molecule has 1 atom stereocenters. The van der Waals surface area contributed by atoms with Crippen LogP contribution in [0.4, 0.5) is 9.52 Å². The number of thioether (sulfide) groups is 1. The monoisotopic (exact) mass is 505 g/mol. The van der Waals surface area contributed by atoms with Crippen LogP contribution >= 0.6 is 23.1 Å². The van der Waals surface area contributed by atoms with Crippen LogP contribution in [0.3, 0.4) is 0 Å². The average molecular weight is 506 g/mol. The number of rotatable bonds is 6. The van der Waals surface area contributed by atoms with Crippen LogP contribution in [-0.2, 0) is 15.3 Å². The van der Waals surface area contributed by atoms with Crippen molar-refractivity contribution in [1.82, 2.24) is 20.2 Å². The molecule has 0 bridgehead atoms. The van der Waals surface area contributed by atoms with Crippen molar-refractivity contribution >= 4 is 45.7 Å². The number of amides is 1. The predicted molar refractivity (Wildman–Crippen MR) is 129 cm³/mol. The maximum atomic E-state index is 14.0. The second-order valence-corrected chi connectivity index (χ2v) is 9.60. The van der Waals surface area contributed by atoms with Gasteiger partial charge in [-0.1, -0.05) is 47.4 Å². The summed E-state index contributed by atoms with van der Waals surface area (Å²) >= 11 is 2.38. The summed E-state index contributed by atoms with van der Waals surface area (Å²) in [6.07, 6.45) is 6.06. The summed E-state index contributed by atoms with van der Waals surface area (Å²) in [4.78, 5) is 35.5. The summed E-state index contributed by atoms with van der Waals surface area (Å²) in [6.45, 7) is 0. The highest BCUT2D eigenvalue weighted by Crippen LogP contribution is 2.43. The number of ketones is 1. The topological polar surface area (TPSA) is 109 Å². The van der Waals surface area contributed by atoms with E-state index in [0.717, 1.165) is 11.3 Å². The molecule has 0 aliphatic carbocycles. The highest BCUT2D eigenvalue weighted by atomic mass is 32.2. The number of carbonyl (C=O) groups is 2. The van der Waals surface area contributed by atoms with Gasteiger partial charge in [-0.25, -0.2) is 4.39 Å². The molecule has 4 heterocycles. The number of hydrogen-bond acceptors (Lipinski definition) is 9. The molecule has 1 N–H and O–H groups in total. The van der Waals surface area contributed by atoms with Crippen molar-refractivity contribution in [3.05, 3.63) is 101 Å². The molecule has 8 nitrogen and oxygen atoms in total. The van der Waals surface area contributed by atoms with Gasteiger partial charge in [0.2, 0.25) is 5.13 Å². The number of nitrogens with zero attached hydrogens (tertiary/aromatic N) is 5. The lowest BCUT2D eigenvalue weighted by Gasteiger charge is -2.22. The molecule has 11 heteroatoms. The van der Waals surface area contributed by atoms with Gasteiger partial charge in [-0.3, -0.25) is 24.5 Å². The minimum absolute atomic E-state index is 0.0787. The lowest BCUT2D eigenvalue weighted by atomic mass is 9.97. The van der Waals surface area contributed by atoms with Crippen LogP contribution in [0.25, 0.3) is 5.76 Å². The number of anilines is 1. The number of pyridine rings is 2. The largest absolute Gasteiger partial charge is 0.507 e. The van der Waals surface area contributed by atoms with E-state index < -0.39 is 17.7 Å². The van der Waals surface area contributed by atoms with Gasteiger partial charge in [0.15, 0.2) is 4.34 Å². The molecule has 35 heavy (non-hydrogen) atoms. The first-order valence-electron chi connectivity index (χ1n) is 10.4. The van der Waals surface area contributed by atoms with Gasteiger partial charge in [0.1, 0.15) is 11.6 Å². The van der Waals surface area contributed by atoms with E-state index in [1.807, 2.05) is 0 Å². The van der Waals surface area contributed by atoms with Gasteiger partial charge in [-0.2, -0.15) is 0 Å². The Balaban J connectivity index is 1.52. The number of carbonyl (C=O) groups excluding carboxylic acids is 2. The Bertz CT molecular complexity index is 1430. The summed E-state index contributed by atoms with van der Waals surface area (Å²) in [7, 11) is 0. The van der Waals surface area contributed by atoms with Crippen LogP contribution in [-0.4, -0.2) is 37.0 Å². The predicted octanol–water partition coefficient (Wildman–Crippen LogP) is 4.39. The van der Waals surface area contributed by atoms with Crippen LogP contribution < -0.4 is 4.90 Å². The van der Waals surface area contributed by atoms with Crippen molar-refractivity contribution in [3.63, 3.8) is 0 Å². The smallest absolute Gasteiger partial charge is 0.301 e. The lowest BCUT2D eigenvalue weighted by molar-refractivity contribution is -0.132. The van der Waals surface area contributed by atoms with Crippen LogP contribution in [0.2, 0.25) is 0 Å². The lowest BCUT2D eigenvalue weighted by Crippen LogP contribution is -2.29. The Morgan fingerprint density at radius 1 is 1.03 bits per heavy atom. The molecule has 1 aliphatic rings. The van der Waals surface area contributed by atoms with Gasteiger partial charge >= 0.3 is 5.91 Å². The fraction of sp³-hybridized carbons (Fsp3) is 0.0833. The summed E-state index contributed by atoms with van der Waals surface area (Å²) < 4.78 is 14.5. The standard InChI is InChI=1S/C24H16FN5O3S2/c25-17-6-2-1-4-16(17)13-34-24-29-28-23(35-24)30-19(15-5-3-9-27-12-15)18(21(32)22(30)33)20(31)14-7-10-26-11-8-14/h1-12,19,31H,13H2/b20-18+. The first-order valence-corrected chi connectivity index (χ1v) is 12.2. The van der Waals surface area contributed by atoms with Crippen molar-refractivity contribution in [2.45, 2.75) is 16.1 Å². The normalized spacial score (nSPS) is 17.2. The zero-order chi connectivity index (χ0) is 24.4. The van der Waals surface area contributed by atoms with Crippen molar-refractivity contribution < 1.29 is 19.1 Å². The molecular weight excluding hydrogens is 489 g/mol. The van der Waals surface area contributed by atoms with Crippen LogP contribution in [0.5, 0.6) is 0 Å². The molecule has 174 valence electrons. The molecule has 1 unspecified atom stereocenters. The van der Waals surface area contributed by atoms with E-state index in [1.54, 1.807) is 48.7 Å². The number of halogens is 1. The molecule has 1 aliphatic heterocycles. The number of aliphatic hydroxyl groups is 1. The Kier molecular flexibility index (Phi) is 6.34. The van der Waals surface area contributed by atoms with Gasteiger partial charge in [-0.15, -0.1) is 10.2 Å². The molecule has 1 amide bonds. The van der Waals surface area contributed by atoms with E-state index in [0.29, 0.717) is 26.8 Å². The molecule has 0 spiro atoms. The van der Waals surface area contributed by atoms with E-state index in [2.05, 4.69) is 20.2 Å². The first-order chi connectivity index (χ1) is 17.0. The summed E-state index contributed by atoms with van der Waals surface area (Å²) in [5.41, 5.74) is 1.32. The molecular formula is C24H16FN5O3S2. The van der Waals surface area contributed by atoms with Crippen molar-refractivity contribution in [1.29, 1.82) is 0 Å². The molecule has 1 fully saturated rings. The van der Waals surface area contributed by atoms with Crippen molar-refractivity contribution in [3.8, 4) is 0 Å². The van der Waals surface area contributed by atoms with Crippen LogP contribution in [0.15, 0.2) is 83.2 Å². The maximum Gasteiger partial charge on any atom is 0.301 e. The third kappa shape index (κ3) is 4.43. The highest BCUT2D eigenvalue weighted by Gasteiger charge is 2.48. The maximum absolute atomic E-state index is 14.0. The minimum atomic E-state index is -0.950. The fourth-order valence-electron chi connectivity index (χ4n) is 3.66. The highest BCUT2D eigenvalue weighted by molar-refractivity contribution is 8.00. The third-order valence-corrected chi connectivity index (χ3v) is 7.41. The molecule has 4 aromatic rings. The van der Waals surface area contributed by atoms with E-state index in [9.17, 15) is 19.1 Å². The van der Waals surface area contributed by atoms with Gasteiger partial charge in [0, 0.05) is 36.1 Å². The average Bonchev–Trinajstić information content (AvgIpc) is 3.46. The minimum Gasteiger partial charge on any atom is -0.507 e. The quantitative estimate of drug-likeness (QED) is 0.135. The van der Waals surface area contributed by atoms with Crippen LogP contribution in [0, 0.1) is 5.82 Å². The summed E-state index contributed by atoms with van der Waals surface area (Å²) in [5, 5.41) is 19.4. The second-order valence-electron chi connectivity index (χ2n) is 7.42. The Morgan fingerprint density at radius 3 is 2.57 bits per heavy atom. The van der Waals surface area contributed by atoms with E-state index in [-0.39, 0.29) is 22.3 Å². The SMILES string of the molecule is O=C1C(=O)N(c2nnc(SCc3ccccc3F)s2)C(c2cccnc2)/C1=C(\O)c1ccncc1. The zero-order valence-electron chi connectivity index (χ0n) is 17.9.